The maximum Gasteiger partial charge on any atom is 0.272 e. The number of hydrogen-bond acceptors (Lipinski definition) is 5. The number of pyridine rings is 1. The summed E-state index contributed by atoms with van der Waals surface area (Å²) in [6, 6.07) is 3.46. The minimum absolute atomic E-state index is 0.148. The molecule has 110 valence electrons. The van der Waals surface area contributed by atoms with Crippen LogP contribution in [0, 0.1) is 0 Å². The number of anilines is 1. The van der Waals surface area contributed by atoms with Crippen molar-refractivity contribution in [2.45, 2.75) is 25.0 Å². The quantitative estimate of drug-likeness (QED) is 0.850. The molecule has 20 heavy (non-hydrogen) atoms. The Morgan fingerprint density at radius 2 is 2.40 bits per heavy atom. The Kier molecular flexibility index (Phi) is 4.25. The van der Waals surface area contributed by atoms with Gasteiger partial charge in [0.05, 0.1) is 6.10 Å². The molecule has 0 spiro atoms. The molecule has 0 aromatic carbocycles. The summed E-state index contributed by atoms with van der Waals surface area (Å²) in [5.41, 5.74) is 0.273. The maximum atomic E-state index is 11.8. The second-order valence-electron chi connectivity index (χ2n) is 5.35. The lowest BCUT2D eigenvalue weighted by molar-refractivity contribution is -0.0175. The number of rotatable bonds is 4. The number of nitrogens with one attached hydrogen (secondary N) is 1. The van der Waals surface area contributed by atoms with Crippen LogP contribution in [0.15, 0.2) is 18.3 Å². The lowest BCUT2D eigenvalue weighted by Gasteiger charge is -2.26. The third kappa shape index (κ3) is 3.08. The van der Waals surface area contributed by atoms with E-state index in [2.05, 4.69) is 10.3 Å². The predicted octanol–water partition coefficient (Wildman–Crippen LogP) is 0.735. The monoisotopic (exact) mass is 279 g/mol. The number of amides is 1. The average Bonchev–Trinajstić information content (AvgIpc) is 2.76. The number of hydrogen-bond donors (Lipinski definition) is 2. The van der Waals surface area contributed by atoms with Gasteiger partial charge >= 0.3 is 0 Å². The van der Waals surface area contributed by atoms with E-state index in [0.717, 1.165) is 5.69 Å². The van der Waals surface area contributed by atoms with Crippen molar-refractivity contribution in [1.29, 1.82) is 0 Å². The highest BCUT2D eigenvalue weighted by atomic mass is 16.5. The van der Waals surface area contributed by atoms with E-state index >= 15 is 0 Å². The van der Waals surface area contributed by atoms with Gasteiger partial charge in [0.15, 0.2) is 0 Å². The third-order valence-electron chi connectivity index (χ3n) is 3.64. The van der Waals surface area contributed by atoms with Crippen LogP contribution < -0.4 is 5.32 Å². The standard InChI is InChI=1S/C14H21N3O3/c1-10-14(19,5-7-20-10)9-16-11-4-6-15-12(8-11)13(18)17(2)3/h4,6,8,10,19H,5,7,9H2,1-3H3,(H,15,16). The SMILES string of the molecule is CC1OCCC1(O)CNc1ccnc(C(=O)N(C)C)c1. The van der Waals surface area contributed by atoms with Gasteiger partial charge in [0.25, 0.3) is 5.91 Å². The molecular weight excluding hydrogens is 258 g/mol. The Morgan fingerprint density at radius 3 is 3.00 bits per heavy atom. The first kappa shape index (κ1) is 14.7. The van der Waals surface area contributed by atoms with Gasteiger partial charge in [0.1, 0.15) is 11.3 Å². The van der Waals surface area contributed by atoms with Gasteiger partial charge in [-0.2, -0.15) is 0 Å². The van der Waals surface area contributed by atoms with Crippen LogP contribution in [-0.2, 0) is 4.74 Å². The summed E-state index contributed by atoms with van der Waals surface area (Å²) < 4.78 is 5.39. The molecule has 1 fully saturated rings. The number of aliphatic hydroxyl groups is 1. The van der Waals surface area contributed by atoms with Gasteiger partial charge in [-0.05, 0) is 19.1 Å². The van der Waals surface area contributed by atoms with Crippen molar-refractivity contribution in [3.63, 3.8) is 0 Å². The Morgan fingerprint density at radius 1 is 1.65 bits per heavy atom. The summed E-state index contributed by atoms with van der Waals surface area (Å²) in [4.78, 5) is 17.4. The fourth-order valence-corrected chi connectivity index (χ4v) is 2.14. The summed E-state index contributed by atoms with van der Waals surface area (Å²) >= 11 is 0. The fraction of sp³-hybridized carbons (Fsp3) is 0.571. The van der Waals surface area contributed by atoms with Crippen LogP contribution in [-0.4, -0.2) is 59.8 Å². The van der Waals surface area contributed by atoms with E-state index in [9.17, 15) is 9.90 Å². The van der Waals surface area contributed by atoms with E-state index in [0.29, 0.717) is 25.3 Å². The van der Waals surface area contributed by atoms with Gasteiger partial charge < -0.3 is 20.1 Å². The predicted molar refractivity (Wildman–Crippen MR) is 75.7 cm³/mol. The third-order valence-corrected chi connectivity index (χ3v) is 3.64. The maximum absolute atomic E-state index is 11.8. The average molecular weight is 279 g/mol. The molecular formula is C14H21N3O3. The molecule has 6 nitrogen and oxygen atoms in total. The molecule has 0 aliphatic carbocycles. The molecule has 2 rings (SSSR count). The van der Waals surface area contributed by atoms with Crippen molar-refractivity contribution in [2.75, 3.05) is 32.6 Å². The number of carbonyl (C=O) groups excluding carboxylic acids is 1. The van der Waals surface area contributed by atoms with Crippen LogP contribution >= 0.6 is 0 Å². The molecule has 0 radical (unpaired) electrons. The van der Waals surface area contributed by atoms with Crippen molar-refractivity contribution in [3.05, 3.63) is 24.0 Å². The lowest BCUT2D eigenvalue weighted by atomic mass is 9.96. The zero-order valence-electron chi connectivity index (χ0n) is 12.1. The van der Waals surface area contributed by atoms with Crippen molar-refractivity contribution in [2.24, 2.45) is 0 Å². The summed E-state index contributed by atoms with van der Waals surface area (Å²) in [5, 5.41) is 13.6. The van der Waals surface area contributed by atoms with E-state index in [4.69, 9.17) is 4.74 Å². The first-order valence-electron chi connectivity index (χ1n) is 6.68. The van der Waals surface area contributed by atoms with Crippen LogP contribution in [0.2, 0.25) is 0 Å². The Labute approximate surface area is 118 Å². The topological polar surface area (TPSA) is 74.7 Å². The molecule has 1 aromatic heterocycles. The van der Waals surface area contributed by atoms with E-state index in [1.807, 2.05) is 6.92 Å². The van der Waals surface area contributed by atoms with E-state index in [1.165, 1.54) is 4.90 Å². The second-order valence-corrected chi connectivity index (χ2v) is 5.35. The fourth-order valence-electron chi connectivity index (χ4n) is 2.14. The molecule has 2 atom stereocenters. The Hall–Kier alpha value is -1.66. The van der Waals surface area contributed by atoms with Crippen molar-refractivity contribution >= 4 is 11.6 Å². The van der Waals surface area contributed by atoms with Crippen LogP contribution in [0.4, 0.5) is 5.69 Å². The molecule has 2 N–H and O–H groups in total. The van der Waals surface area contributed by atoms with Gasteiger partial charge in [-0.1, -0.05) is 0 Å². The molecule has 2 heterocycles. The molecule has 1 amide bonds. The van der Waals surface area contributed by atoms with Gasteiger partial charge in [0.2, 0.25) is 0 Å². The van der Waals surface area contributed by atoms with Crippen molar-refractivity contribution in [3.8, 4) is 0 Å². The highest BCUT2D eigenvalue weighted by Gasteiger charge is 2.39. The first-order valence-corrected chi connectivity index (χ1v) is 6.68. The van der Waals surface area contributed by atoms with Gasteiger partial charge in [-0.25, -0.2) is 0 Å². The minimum Gasteiger partial charge on any atom is -0.385 e. The highest BCUT2D eigenvalue weighted by Crippen LogP contribution is 2.26. The molecule has 1 aliphatic heterocycles. The van der Waals surface area contributed by atoms with E-state index in [1.54, 1.807) is 32.4 Å². The summed E-state index contributed by atoms with van der Waals surface area (Å²) in [6.45, 7) is 2.82. The van der Waals surface area contributed by atoms with Crippen LogP contribution in [0.25, 0.3) is 0 Å². The zero-order valence-corrected chi connectivity index (χ0v) is 12.1. The summed E-state index contributed by atoms with van der Waals surface area (Å²) in [7, 11) is 3.37. The van der Waals surface area contributed by atoms with Crippen LogP contribution in [0.3, 0.4) is 0 Å². The van der Waals surface area contributed by atoms with Gasteiger partial charge in [-0.15, -0.1) is 0 Å². The lowest BCUT2D eigenvalue weighted by Crippen LogP contribution is -2.43. The number of aromatic nitrogens is 1. The van der Waals surface area contributed by atoms with Crippen molar-refractivity contribution < 1.29 is 14.6 Å². The zero-order chi connectivity index (χ0) is 14.8. The van der Waals surface area contributed by atoms with Crippen molar-refractivity contribution in [1.82, 2.24) is 9.88 Å². The highest BCUT2D eigenvalue weighted by molar-refractivity contribution is 5.92. The summed E-state index contributed by atoms with van der Waals surface area (Å²) in [6.07, 6.45) is 1.99. The van der Waals surface area contributed by atoms with Crippen LogP contribution in [0.1, 0.15) is 23.8 Å². The molecule has 1 aromatic rings. The van der Waals surface area contributed by atoms with Crippen LogP contribution in [0.5, 0.6) is 0 Å². The smallest absolute Gasteiger partial charge is 0.272 e. The Balaban J connectivity index is 2.03. The molecule has 1 saturated heterocycles. The summed E-state index contributed by atoms with van der Waals surface area (Å²) in [5.74, 6) is -0.148. The minimum atomic E-state index is -0.866. The number of nitrogens with zero attached hydrogens (tertiary/aromatic N) is 2. The Bertz CT molecular complexity index is 492. The molecule has 0 bridgehead atoms. The first-order chi connectivity index (χ1) is 9.42. The van der Waals surface area contributed by atoms with Gasteiger partial charge in [-0.3, -0.25) is 9.78 Å². The second kappa shape index (κ2) is 5.76. The molecule has 6 heteroatoms. The van der Waals surface area contributed by atoms with E-state index in [-0.39, 0.29) is 12.0 Å². The molecule has 0 saturated carbocycles. The number of ether oxygens (including phenoxy) is 1. The van der Waals surface area contributed by atoms with E-state index < -0.39 is 5.60 Å². The normalized spacial score (nSPS) is 25.5. The largest absolute Gasteiger partial charge is 0.385 e. The number of carbonyl (C=O) groups is 1. The molecule has 1 aliphatic rings. The molecule has 2 unspecified atom stereocenters. The van der Waals surface area contributed by atoms with Gasteiger partial charge in [0, 0.05) is 45.6 Å².